The largest absolute Gasteiger partial charge is 0.394 e. The van der Waals surface area contributed by atoms with Gasteiger partial charge in [-0.05, 0) is 49.7 Å². The van der Waals surface area contributed by atoms with E-state index in [-0.39, 0.29) is 12.1 Å². The van der Waals surface area contributed by atoms with Crippen LogP contribution in [0.25, 0.3) is 0 Å². The van der Waals surface area contributed by atoms with Crippen LogP contribution in [-0.2, 0) is 6.42 Å². The fourth-order valence-corrected chi connectivity index (χ4v) is 2.90. The smallest absolute Gasteiger partial charge is 0.0616 e. The van der Waals surface area contributed by atoms with Crippen LogP contribution in [0.2, 0.25) is 0 Å². The Morgan fingerprint density at radius 2 is 2.50 bits per heavy atom. The summed E-state index contributed by atoms with van der Waals surface area (Å²) in [6.07, 6.45) is 3.25. The first-order valence-electron chi connectivity index (χ1n) is 5.14. The molecule has 1 fully saturated rings. The second kappa shape index (κ2) is 4.01. The van der Waals surface area contributed by atoms with Crippen LogP contribution in [0, 0.1) is 6.92 Å². The Kier molecular flexibility index (Phi) is 2.91. The van der Waals surface area contributed by atoms with Crippen molar-refractivity contribution in [3.8, 4) is 0 Å². The molecule has 0 spiro atoms. The van der Waals surface area contributed by atoms with E-state index in [4.69, 9.17) is 0 Å². The molecule has 1 unspecified atom stereocenters. The fourth-order valence-electron chi connectivity index (χ4n) is 2.19. The molecule has 2 nitrogen and oxygen atoms in total. The predicted molar refractivity (Wildman–Crippen MR) is 59.8 cm³/mol. The van der Waals surface area contributed by atoms with E-state index in [0.717, 1.165) is 19.4 Å². The van der Waals surface area contributed by atoms with Gasteiger partial charge in [0.1, 0.15) is 0 Å². The van der Waals surface area contributed by atoms with Gasteiger partial charge < -0.3 is 10.4 Å². The Morgan fingerprint density at radius 3 is 3.00 bits per heavy atom. The van der Waals surface area contributed by atoms with Crippen LogP contribution in [0.4, 0.5) is 0 Å². The number of nitrogens with one attached hydrogen (secondary N) is 1. The maximum Gasteiger partial charge on any atom is 0.0616 e. The maximum atomic E-state index is 9.43. The van der Waals surface area contributed by atoms with Gasteiger partial charge in [0.25, 0.3) is 0 Å². The zero-order valence-corrected chi connectivity index (χ0v) is 9.36. The summed E-state index contributed by atoms with van der Waals surface area (Å²) >= 11 is 1.79. The highest BCUT2D eigenvalue weighted by Crippen LogP contribution is 2.25. The molecule has 0 bridgehead atoms. The Hall–Kier alpha value is -0.380. The van der Waals surface area contributed by atoms with Gasteiger partial charge in [-0.3, -0.25) is 0 Å². The zero-order valence-electron chi connectivity index (χ0n) is 8.55. The number of aliphatic hydroxyl groups is 1. The summed E-state index contributed by atoms with van der Waals surface area (Å²) in [5.74, 6) is 0. The van der Waals surface area contributed by atoms with E-state index in [1.165, 1.54) is 16.9 Å². The van der Waals surface area contributed by atoms with E-state index in [0.29, 0.717) is 0 Å². The highest BCUT2D eigenvalue weighted by atomic mass is 32.1. The van der Waals surface area contributed by atoms with Gasteiger partial charge in [0, 0.05) is 10.4 Å². The molecule has 1 aliphatic heterocycles. The molecular weight excluding hydrogens is 194 g/mol. The summed E-state index contributed by atoms with van der Waals surface area (Å²) in [6, 6.07) is 2.22. The van der Waals surface area contributed by atoms with Gasteiger partial charge in [-0.1, -0.05) is 0 Å². The summed E-state index contributed by atoms with van der Waals surface area (Å²) < 4.78 is 0. The van der Waals surface area contributed by atoms with Gasteiger partial charge in [0.05, 0.1) is 6.61 Å². The molecule has 0 aromatic carbocycles. The summed E-state index contributed by atoms with van der Waals surface area (Å²) in [5, 5.41) is 15.1. The molecule has 3 heteroatoms. The second-order valence-corrected chi connectivity index (χ2v) is 5.33. The molecule has 2 N–H and O–H groups in total. The average Bonchev–Trinajstić information content (AvgIpc) is 2.77. The number of hydrogen-bond donors (Lipinski definition) is 2. The second-order valence-electron chi connectivity index (χ2n) is 4.21. The van der Waals surface area contributed by atoms with Crippen molar-refractivity contribution < 1.29 is 5.11 Å². The highest BCUT2D eigenvalue weighted by Gasteiger charge is 2.32. The van der Waals surface area contributed by atoms with Crippen LogP contribution in [0.1, 0.15) is 23.3 Å². The minimum atomic E-state index is -0.0342. The van der Waals surface area contributed by atoms with Crippen LogP contribution in [0.5, 0.6) is 0 Å². The van der Waals surface area contributed by atoms with Crippen molar-refractivity contribution in [2.75, 3.05) is 13.2 Å². The molecule has 1 aromatic rings. The fraction of sp³-hybridized carbons (Fsp3) is 0.636. The first-order valence-corrected chi connectivity index (χ1v) is 6.02. The minimum absolute atomic E-state index is 0.0342. The monoisotopic (exact) mass is 211 g/mol. The van der Waals surface area contributed by atoms with Gasteiger partial charge in [0.15, 0.2) is 0 Å². The summed E-state index contributed by atoms with van der Waals surface area (Å²) in [6.45, 7) is 3.42. The number of aliphatic hydroxyl groups excluding tert-OH is 1. The van der Waals surface area contributed by atoms with Crippen molar-refractivity contribution >= 4 is 11.3 Å². The summed E-state index contributed by atoms with van der Waals surface area (Å²) in [4.78, 5) is 1.35. The first-order chi connectivity index (χ1) is 6.74. The van der Waals surface area contributed by atoms with E-state index in [1.807, 2.05) is 0 Å². The SMILES string of the molecule is Cc1cc(CC2(CO)CCCN2)cs1. The Labute approximate surface area is 89.0 Å². The van der Waals surface area contributed by atoms with E-state index < -0.39 is 0 Å². The first kappa shape index (κ1) is 10.1. The Morgan fingerprint density at radius 1 is 1.64 bits per heavy atom. The zero-order chi connectivity index (χ0) is 10.0. The molecule has 2 heterocycles. The third-order valence-corrected chi connectivity index (χ3v) is 3.87. The summed E-state index contributed by atoms with van der Waals surface area (Å²) in [7, 11) is 0. The molecule has 0 aliphatic carbocycles. The quantitative estimate of drug-likeness (QED) is 0.798. The Bertz CT molecular complexity index is 302. The van der Waals surface area contributed by atoms with Crippen LogP contribution >= 0.6 is 11.3 Å². The van der Waals surface area contributed by atoms with Gasteiger partial charge in [0.2, 0.25) is 0 Å². The van der Waals surface area contributed by atoms with Crippen molar-refractivity contribution in [3.05, 3.63) is 21.9 Å². The molecule has 1 aliphatic rings. The van der Waals surface area contributed by atoms with E-state index in [1.54, 1.807) is 11.3 Å². The van der Waals surface area contributed by atoms with Crippen molar-refractivity contribution in [1.29, 1.82) is 0 Å². The third-order valence-electron chi connectivity index (χ3n) is 2.96. The summed E-state index contributed by atoms with van der Waals surface area (Å²) in [5.41, 5.74) is 1.32. The van der Waals surface area contributed by atoms with E-state index >= 15 is 0 Å². The van der Waals surface area contributed by atoms with Crippen molar-refractivity contribution in [1.82, 2.24) is 5.32 Å². The molecule has 0 radical (unpaired) electrons. The molecule has 14 heavy (non-hydrogen) atoms. The lowest BCUT2D eigenvalue weighted by Gasteiger charge is -2.26. The van der Waals surface area contributed by atoms with E-state index in [9.17, 15) is 5.11 Å². The normalized spacial score (nSPS) is 27.0. The van der Waals surface area contributed by atoms with Crippen molar-refractivity contribution in [2.24, 2.45) is 0 Å². The average molecular weight is 211 g/mol. The standard InChI is InChI=1S/C11H17NOS/c1-9-5-10(7-14-9)6-11(8-13)3-2-4-12-11/h5,7,12-13H,2-4,6,8H2,1H3. The van der Waals surface area contributed by atoms with E-state index in [2.05, 4.69) is 23.7 Å². The number of hydrogen-bond acceptors (Lipinski definition) is 3. The lowest BCUT2D eigenvalue weighted by atomic mass is 9.91. The van der Waals surface area contributed by atoms with Crippen LogP contribution in [0.15, 0.2) is 11.4 Å². The molecule has 1 saturated heterocycles. The predicted octanol–water partition coefficient (Wildman–Crippen LogP) is 1.71. The topological polar surface area (TPSA) is 32.3 Å². The maximum absolute atomic E-state index is 9.43. The molecule has 0 amide bonds. The van der Waals surface area contributed by atoms with Gasteiger partial charge in [-0.2, -0.15) is 0 Å². The highest BCUT2D eigenvalue weighted by molar-refractivity contribution is 7.10. The van der Waals surface area contributed by atoms with Gasteiger partial charge >= 0.3 is 0 Å². The van der Waals surface area contributed by atoms with Crippen LogP contribution in [-0.4, -0.2) is 23.8 Å². The minimum Gasteiger partial charge on any atom is -0.394 e. The molecule has 0 saturated carbocycles. The lowest BCUT2D eigenvalue weighted by Crippen LogP contribution is -2.45. The molecule has 2 rings (SSSR count). The van der Waals surface area contributed by atoms with Crippen molar-refractivity contribution in [2.45, 2.75) is 31.7 Å². The Balaban J connectivity index is 2.08. The third kappa shape index (κ3) is 2.00. The lowest BCUT2D eigenvalue weighted by molar-refractivity contribution is 0.177. The van der Waals surface area contributed by atoms with Gasteiger partial charge in [-0.25, -0.2) is 0 Å². The number of aryl methyl sites for hydroxylation is 1. The molecule has 78 valence electrons. The van der Waals surface area contributed by atoms with Crippen LogP contribution < -0.4 is 5.32 Å². The molecule has 1 aromatic heterocycles. The number of thiophene rings is 1. The number of rotatable bonds is 3. The van der Waals surface area contributed by atoms with Crippen LogP contribution in [0.3, 0.4) is 0 Å². The van der Waals surface area contributed by atoms with Gasteiger partial charge in [-0.15, -0.1) is 11.3 Å². The molecular formula is C11H17NOS. The van der Waals surface area contributed by atoms with Crippen molar-refractivity contribution in [3.63, 3.8) is 0 Å². The molecule has 1 atom stereocenters.